The molecule has 0 aliphatic carbocycles. The first-order valence-electron chi connectivity index (χ1n) is 5.05. The number of aliphatic hydroxyl groups excluding tert-OH is 1. The van der Waals surface area contributed by atoms with Crippen LogP contribution in [0.2, 0.25) is 0 Å². The Morgan fingerprint density at radius 2 is 2.18 bits per heavy atom. The lowest BCUT2D eigenvalue weighted by atomic mass is 10.2. The van der Waals surface area contributed by atoms with E-state index in [1.54, 1.807) is 12.4 Å². The van der Waals surface area contributed by atoms with Crippen molar-refractivity contribution in [3.63, 3.8) is 0 Å². The van der Waals surface area contributed by atoms with Crippen molar-refractivity contribution in [3.05, 3.63) is 46.2 Å². The van der Waals surface area contributed by atoms with Crippen molar-refractivity contribution >= 4 is 27.7 Å². The Labute approximate surface area is 112 Å². The number of hydrogen-bond acceptors (Lipinski definition) is 4. The number of aliphatic hydroxyl groups is 1. The smallest absolute Gasteiger partial charge is 0.116 e. The number of aromatic nitrogens is 2. The van der Waals surface area contributed by atoms with Crippen molar-refractivity contribution in [1.29, 1.82) is 0 Å². The number of rotatable bonds is 3. The molecule has 0 radical (unpaired) electrons. The van der Waals surface area contributed by atoms with E-state index >= 15 is 0 Å². The molecule has 0 aliphatic heterocycles. The van der Waals surface area contributed by atoms with Crippen LogP contribution in [0.1, 0.15) is 11.1 Å². The predicted molar refractivity (Wildman–Crippen MR) is 71.0 cm³/mol. The fourth-order valence-electron chi connectivity index (χ4n) is 1.35. The van der Waals surface area contributed by atoms with Gasteiger partial charge in [0.25, 0.3) is 0 Å². The molecule has 17 heavy (non-hydrogen) atoms. The standard InChI is InChI=1S/C12H11BrN2OS/c1-8-5-9(7-16)6-15-11(8)17-12-10(13)3-2-4-14-12/h2-6,16H,7H2,1H3. The van der Waals surface area contributed by atoms with Crippen LogP contribution in [0, 0.1) is 6.92 Å². The summed E-state index contributed by atoms with van der Waals surface area (Å²) < 4.78 is 0.956. The van der Waals surface area contributed by atoms with Gasteiger partial charge in [-0.05, 0) is 63.9 Å². The zero-order valence-electron chi connectivity index (χ0n) is 9.22. The van der Waals surface area contributed by atoms with Crippen molar-refractivity contribution in [2.75, 3.05) is 0 Å². The second-order valence-corrected chi connectivity index (χ2v) is 5.35. The molecule has 0 aliphatic rings. The molecule has 5 heteroatoms. The van der Waals surface area contributed by atoms with Gasteiger partial charge in [-0.2, -0.15) is 0 Å². The van der Waals surface area contributed by atoms with Crippen LogP contribution in [0.15, 0.2) is 45.1 Å². The molecule has 0 unspecified atom stereocenters. The quantitative estimate of drug-likeness (QED) is 0.945. The Balaban J connectivity index is 2.28. The van der Waals surface area contributed by atoms with Gasteiger partial charge in [0.05, 0.1) is 11.1 Å². The zero-order chi connectivity index (χ0) is 12.3. The van der Waals surface area contributed by atoms with Crippen molar-refractivity contribution in [3.8, 4) is 0 Å². The number of nitrogens with zero attached hydrogens (tertiary/aromatic N) is 2. The zero-order valence-corrected chi connectivity index (χ0v) is 11.6. The molecule has 0 spiro atoms. The molecule has 88 valence electrons. The summed E-state index contributed by atoms with van der Waals surface area (Å²) in [5.74, 6) is 0. The second-order valence-electron chi connectivity index (χ2n) is 3.52. The Morgan fingerprint density at radius 1 is 1.35 bits per heavy atom. The summed E-state index contributed by atoms with van der Waals surface area (Å²) in [6.45, 7) is 2.00. The summed E-state index contributed by atoms with van der Waals surface area (Å²) >= 11 is 4.96. The number of pyridine rings is 2. The van der Waals surface area contributed by atoms with Crippen molar-refractivity contribution in [2.45, 2.75) is 23.6 Å². The summed E-state index contributed by atoms with van der Waals surface area (Å²) in [4.78, 5) is 8.61. The maximum absolute atomic E-state index is 9.02. The topological polar surface area (TPSA) is 46.0 Å². The minimum atomic E-state index is 0.0199. The van der Waals surface area contributed by atoms with Gasteiger partial charge in [0, 0.05) is 12.4 Å². The van der Waals surface area contributed by atoms with E-state index in [0.717, 1.165) is 25.7 Å². The average Bonchev–Trinajstić information content (AvgIpc) is 2.34. The first kappa shape index (κ1) is 12.5. The summed E-state index contributed by atoms with van der Waals surface area (Å²) in [6.07, 6.45) is 3.44. The molecule has 0 atom stereocenters. The molecule has 2 aromatic heterocycles. The highest BCUT2D eigenvalue weighted by Crippen LogP contribution is 2.32. The fourth-order valence-corrected chi connectivity index (χ4v) is 2.64. The van der Waals surface area contributed by atoms with Gasteiger partial charge in [-0.1, -0.05) is 0 Å². The fraction of sp³-hybridized carbons (Fsp3) is 0.167. The predicted octanol–water partition coefficient (Wildman–Crippen LogP) is 3.19. The minimum absolute atomic E-state index is 0.0199. The summed E-state index contributed by atoms with van der Waals surface area (Å²) in [6, 6.07) is 5.77. The first-order valence-corrected chi connectivity index (χ1v) is 6.66. The maximum atomic E-state index is 9.02. The van der Waals surface area contributed by atoms with Gasteiger partial charge in [0.2, 0.25) is 0 Å². The molecule has 0 amide bonds. The molecule has 1 N–H and O–H groups in total. The van der Waals surface area contributed by atoms with Crippen LogP contribution in [-0.4, -0.2) is 15.1 Å². The van der Waals surface area contributed by atoms with E-state index in [9.17, 15) is 0 Å². The Morgan fingerprint density at radius 3 is 2.82 bits per heavy atom. The van der Waals surface area contributed by atoms with E-state index in [1.165, 1.54) is 11.8 Å². The third kappa shape index (κ3) is 3.06. The maximum Gasteiger partial charge on any atom is 0.116 e. The summed E-state index contributed by atoms with van der Waals surface area (Å²) in [5.41, 5.74) is 1.87. The van der Waals surface area contributed by atoms with Crippen molar-refractivity contribution in [2.24, 2.45) is 0 Å². The largest absolute Gasteiger partial charge is 0.392 e. The molecule has 0 saturated heterocycles. The van der Waals surface area contributed by atoms with E-state index in [4.69, 9.17) is 5.11 Å². The van der Waals surface area contributed by atoms with Gasteiger partial charge in [-0.15, -0.1) is 0 Å². The Bertz CT molecular complexity index is 534. The molecule has 0 aromatic carbocycles. The van der Waals surface area contributed by atoms with Gasteiger partial charge in [0.15, 0.2) is 0 Å². The van der Waals surface area contributed by atoms with Gasteiger partial charge in [-0.25, -0.2) is 9.97 Å². The van der Waals surface area contributed by atoms with E-state index < -0.39 is 0 Å². The van der Waals surface area contributed by atoms with Crippen LogP contribution in [0.5, 0.6) is 0 Å². The number of aryl methyl sites for hydroxylation is 1. The first-order chi connectivity index (χ1) is 8.20. The van der Waals surface area contributed by atoms with Gasteiger partial charge < -0.3 is 5.11 Å². The third-order valence-corrected chi connectivity index (χ3v) is 4.23. The van der Waals surface area contributed by atoms with Crippen LogP contribution < -0.4 is 0 Å². The second kappa shape index (κ2) is 5.62. The normalized spacial score (nSPS) is 10.5. The highest BCUT2D eigenvalue weighted by Gasteiger charge is 2.07. The molecule has 2 rings (SSSR count). The highest BCUT2D eigenvalue weighted by molar-refractivity contribution is 9.10. The summed E-state index contributed by atoms with van der Waals surface area (Å²) in [5, 5.41) is 10.8. The Kier molecular flexibility index (Phi) is 4.15. The van der Waals surface area contributed by atoms with Gasteiger partial charge in [-0.3, -0.25) is 0 Å². The van der Waals surface area contributed by atoms with Crippen molar-refractivity contribution < 1.29 is 5.11 Å². The van der Waals surface area contributed by atoms with Crippen LogP contribution in [-0.2, 0) is 6.61 Å². The van der Waals surface area contributed by atoms with E-state index in [-0.39, 0.29) is 6.61 Å². The molecule has 2 aromatic rings. The van der Waals surface area contributed by atoms with E-state index in [2.05, 4.69) is 25.9 Å². The van der Waals surface area contributed by atoms with Gasteiger partial charge in [0.1, 0.15) is 10.1 Å². The molecular formula is C12H11BrN2OS. The molecule has 3 nitrogen and oxygen atoms in total. The van der Waals surface area contributed by atoms with Crippen LogP contribution in [0.3, 0.4) is 0 Å². The minimum Gasteiger partial charge on any atom is -0.392 e. The Hall–Kier alpha value is -0.910. The van der Waals surface area contributed by atoms with Crippen LogP contribution >= 0.6 is 27.7 Å². The van der Waals surface area contributed by atoms with E-state index in [1.807, 2.05) is 25.1 Å². The third-order valence-electron chi connectivity index (χ3n) is 2.19. The molecule has 2 heterocycles. The highest BCUT2D eigenvalue weighted by atomic mass is 79.9. The van der Waals surface area contributed by atoms with E-state index in [0.29, 0.717) is 0 Å². The molecule has 0 fully saturated rings. The lowest BCUT2D eigenvalue weighted by Gasteiger charge is -2.06. The number of hydrogen-bond donors (Lipinski definition) is 1. The van der Waals surface area contributed by atoms with Crippen LogP contribution in [0.4, 0.5) is 0 Å². The monoisotopic (exact) mass is 310 g/mol. The van der Waals surface area contributed by atoms with Crippen LogP contribution in [0.25, 0.3) is 0 Å². The van der Waals surface area contributed by atoms with Gasteiger partial charge >= 0.3 is 0 Å². The number of halogens is 1. The molecular weight excluding hydrogens is 300 g/mol. The molecule has 0 saturated carbocycles. The molecule has 0 bridgehead atoms. The average molecular weight is 311 g/mol. The van der Waals surface area contributed by atoms with Crippen molar-refractivity contribution in [1.82, 2.24) is 9.97 Å². The SMILES string of the molecule is Cc1cc(CO)cnc1Sc1ncccc1Br. The lowest BCUT2D eigenvalue weighted by Crippen LogP contribution is -1.91. The summed E-state index contributed by atoms with van der Waals surface area (Å²) in [7, 11) is 0. The lowest BCUT2D eigenvalue weighted by molar-refractivity contribution is 0.281.